The van der Waals surface area contributed by atoms with Crippen LogP contribution in [0.25, 0.3) is 0 Å². The average molecular weight is 377 g/mol. The van der Waals surface area contributed by atoms with Crippen molar-refractivity contribution in [3.05, 3.63) is 60.2 Å². The molecule has 5 nitrogen and oxygen atoms in total. The van der Waals surface area contributed by atoms with Gasteiger partial charge in [-0.1, -0.05) is 50.2 Å². The summed E-state index contributed by atoms with van der Waals surface area (Å²) >= 11 is 0. The summed E-state index contributed by atoms with van der Waals surface area (Å²) in [6.45, 7) is 4.33. The third-order valence-electron chi connectivity index (χ3n) is 4.09. The van der Waals surface area contributed by atoms with Crippen LogP contribution >= 0.6 is 0 Å². The number of anilines is 1. The molecule has 0 amide bonds. The molecule has 2 aromatic rings. The van der Waals surface area contributed by atoms with Gasteiger partial charge in [0, 0.05) is 18.8 Å². The predicted octanol–water partition coefficient (Wildman–Crippen LogP) is 2.91. The van der Waals surface area contributed by atoms with Gasteiger partial charge in [-0.25, -0.2) is 8.42 Å². The van der Waals surface area contributed by atoms with Crippen molar-refractivity contribution in [2.75, 3.05) is 18.8 Å². The van der Waals surface area contributed by atoms with Crippen molar-refractivity contribution in [3.63, 3.8) is 0 Å². The third kappa shape index (κ3) is 5.83. The zero-order valence-electron chi connectivity index (χ0n) is 15.4. The largest absolute Gasteiger partial charge is 0.399 e. The Morgan fingerprint density at radius 1 is 1.04 bits per heavy atom. The topological polar surface area (TPSA) is 83.6 Å². The van der Waals surface area contributed by atoms with Gasteiger partial charge in [0.25, 0.3) is 0 Å². The van der Waals surface area contributed by atoms with Crippen molar-refractivity contribution in [1.29, 1.82) is 0 Å². The van der Waals surface area contributed by atoms with Crippen molar-refractivity contribution in [3.8, 4) is 0 Å². The van der Waals surface area contributed by atoms with Gasteiger partial charge in [0.2, 0.25) is 10.0 Å². The van der Waals surface area contributed by atoms with Crippen LogP contribution in [-0.2, 0) is 16.4 Å². The molecule has 2 rings (SSSR count). The van der Waals surface area contributed by atoms with Gasteiger partial charge < -0.3 is 10.8 Å². The second-order valence-corrected chi connectivity index (χ2v) is 8.90. The molecule has 0 saturated carbocycles. The number of rotatable bonds is 9. The highest BCUT2D eigenvalue weighted by Gasteiger charge is 2.27. The molecule has 6 heteroatoms. The minimum atomic E-state index is -3.70. The number of aliphatic hydroxyl groups is 1. The fourth-order valence-electron chi connectivity index (χ4n) is 2.81. The normalized spacial score (nSPS) is 13.3. The Bertz CT molecular complexity index is 792. The Morgan fingerprint density at radius 3 is 2.35 bits per heavy atom. The maximum atomic E-state index is 13.0. The van der Waals surface area contributed by atoms with Crippen LogP contribution in [0.5, 0.6) is 0 Å². The quantitative estimate of drug-likeness (QED) is 0.659. The number of aryl methyl sites for hydroxylation is 1. The van der Waals surface area contributed by atoms with E-state index >= 15 is 0 Å². The lowest BCUT2D eigenvalue weighted by Gasteiger charge is -2.26. The first-order valence-corrected chi connectivity index (χ1v) is 10.3. The first-order chi connectivity index (χ1) is 12.3. The first-order valence-electron chi connectivity index (χ1n) is 8.86. The number of nitrogen functional groups attached to an aromatic ring is 1. The molecule has 0 unspecified atom stereocenters. The number of nitrogens with two attached hydrogens (primary N) is 1. The van der Waals surface area contributed by atoms with Crippen molar-refractivity contribution < 1.29 is 13.5 Å². The number of aliphatic hydroxyl groups excluding tert-OH is 1. The summed E-state index contributed by atoms with van der Waals surface area (Å²) in [6.07, 6.45) is 0.478. The van der Waals surface area contributed by atoms with Gasteiger partial charge in [-0.15, -0.1) is 0 Å². The van der Waals surface area contributed by atoms with Gasteiger partial charge in [0.15, 0.2) is 0 Å². The molecule has 0 bridgehead atoms. The molecule has 0 aliphatic heterocycles. The number of benzene rings is 2. The second kappa shape index (κ2) is 9.16. The molecule has 0 aliphatic carbocycles. The van der Waals surface area contributed by atoms with Crippen LogP contribution in [0.3, 0.4) is 0 Å². The van der Waals surface area contributed by atoms with Crippen LogP contribution in [-0.4, -0.2) is 37.0 Å². The Kier molecular flexibility index (Phi) is 7.20. The SMILES string of the molecule is CC(C)CN(C[C@H](O)CCc1ccccc1)S(=O)(=O)c1cccc(N)c1. The highest BCUT2D eigenvalue weighted by Crippen LogP contribution is 2.20. The molecule has 0 heterocycles. The lowest BCUT2D eigenvalue weighted by molar-refractivity contribution is 0.133. The standard InChI is InChI=1S/C20H28N2O3S/c1-16(2)14-22(26(24,25)20-10-6-9-18(21)13-20)15-19(23)12-11-17-7-4-3-5-8-17/h3-10,13,16,19,23H,11-12,14-15,21H2,1-2H3/t19-/m1/s1. The van der Waals surface area contributed by atoms with E-state index in [1.54, 1.807) is 12.1 Å². The third-order valence-corrected chi connectivity index (χ3v) is 5.92. The fourth-order valence-corrected chi connectivity index (χ4v) is 4.50. The molecule has 1 atom stereocenters. The molecule has 142 valence electrons. The molecule has 0 spiro atoms. The lowest BCUT2D eigenvalue weighted by atomic mass is 10.1. The summed E-state index contributed by atoms with van der Waals surface area (Å²) in [6, 6.07) is 16.1. The summed E-state index contributed by atoms with van der Waals surface area (Å²) in [5.41, 5.74) is 7.27. The van der Waals surface area contributed by atoms with E-state index in [1.807, 2.05) is 44.2 Å². The van der Waals surface area contributed by atoms with Crippen molar-refractivity contribution >= 4 is 15.7 Å². The molecular weight excluding hydrogens is 348 g/mol. The molecule has 0 aromatic heterocycles. The van der Waals surface area contributed by atoms with Gasteiger partial charge in [-0.2, -0.15) is 4.31 Å². The van der Waals surface area contributed by atoms with Crippen molar-refractivity contribution in [2.24, 2.45) is 5.92 Å². The summed E-state index contributed by atoms with van der Waals surface area (Å²) in [5.74, 6) is 0.146. The molecule has 3 N–H and O–H groups in total. The molecule has 0 fully saturated rings. The fraction of sp³-hybridized carbons (Fsp3) is 0.400. The van der Waals surface area contributed by atoms with Crippen LogP contribution in [0.1, 0.15) is 25.8 Å². The lowest BCUT2D eigenvalue weighted by Crippen LogP contribution is -2.40. The number of hydrogen-bond donors (Lipinski definition) is 2. The average Bonchev–Trinajstić information content (AvgIpc) is 2.60. The highest BCUT2D eigenvalue weighted by molar-refractivity contribution is 7.89. The molecule has 0 saturated heterocycles. The van der Waals surface area contributed by atoms with Crippen LogP contribution in [0.15, 0.2) is 59.5 Å². The summed E-state index contributed by atoms with van der Waals surface area (Å²) in [7, 11) is -3.70. The van der Waals surface area contributed by atoms with Gasteiger partial charge in [0.1, 0.15) is 0 Å². The maximum Gasteiger partial charge on any atom is 0.243 e. The van der Waals surface area contributed by atoms with E-state index in [1.165, 1.54) is 16.4 Å². The molecule has 0 radical (unpaired) electrons. The van der Waals surface area contributed by atoms with Gasteiger partial charge in [-0.3, -0.25) is 0 Å². The van der Waals surface area contributed by atoms with E-state index in [4.69, 9.17) is 5.73 Å². The van der Waals surface area contributed by atoms with Gasteiger partial charge in [-0.05, 0) is 42.5 Å². The zero-order valence-corrected chi connectivity index (χ0v) is 16.2. The number of sulfonamides is 1. The monoisotopic (exact) mass is 376 g/mol. The highest BCUT2D eigenvalue weighted by atomic mass is 32.2. The van der Waals surface area contributed by atoms with Crippen LogP contribution in [0.4, 0.5) is 5.69 Å². The van der Waals surface area contributed by atoms with E-state index < -0.39 is 16.1 Å². The van der Waals surface area contributed by atoms with E-state index in [9.17, 15) is 13.5 Å². The minimum absolute atomic E-state index is 0.0716. The van der Waals surface area contributed by atoms with Crippen LogP contribution in [0.2, 0.25) is 0 Å². The zero-order chi connectivity index (χ0) is 19.2. The summed E-state index contributed by atoms with van der Waals surface area (Å²) in [4.78, 5) is 0.161. The smallest absolute Gasteiger partial charge is 0.243 e. The maximum absolute atomic E-state index is 13.0. The Morgan fingerprint density at radius 2 is 1.73 bits per heavy atom. The first kappa shape index (κ1) is 20.4. The Labute approximate surface area is 156 Å². The van der Waals surface area contributed by atoms with E-state index in [0.717, 1.165) is 5.56 Å². The second-order valence-electron chi connectivity index (χ2n) is 6.97. The van der Waals surface area contributed by atoms with Crippen LogP contribution in [0, 0.1) is 5.92 Å². The van der Waals surface area contributed by atoms with E-state index in [2.05, 4.69) is 0 Å². The van der Waals surface area contributed by atoms with Crippen molar-refractivity contribution in [2.45, 2.75) is 37.7 Å². The molecule has 2 aromatic carbocycles. The van der Waals surface area contributed by atoms with Gasteiger partial charge >= 0.3 is 0 Å². The minimum Gasteiger partial charge on any atom is -0.399 e. The Balaban J connectivity index is 2.11. The van der Waals surface area contributed by atoms with Crippen molar-refractivity contribution in [1.82, 2.24) is 4.31 Å². The van der Waals surface area contributed by atoms with E-state index in [-0.39, 0.29) is 17.4 Å². The summed E-state index contributed by atoms with van der Waals surface area (Å²) < 4.78 is 27.3. The summed E-state index contributed by atoms with van der Waals surface area (Å²) in [5, 5.41) is 10.4. The van der Waals surface area contributed by atoms with E-state index in [0.29, 0.717) is 25.1 Å². The molecule has 0 aliphatic rings. The Hall–Kier alpha value is -1.89. The van der Waals surface area contributed by atoms with Crippen LogP contribution < -0.4 is 5.73 Å². The predicted molar refractivity (Wildman–Crippen MR) is 105 cm³/mol. The molecular formula is C20H28N2O3S. The van der Waals surface area contributed by atoms with Gasteiger partial charge in [0.05, 0.1) is 11.0 Å². The number of nitrogens with zero attached hydrogens (tertiary/aromatic N) is 1. The molecule has 26 heavy (non-hydrogen) atoms. The number of hydrogen-bond acceptors (Lipinski definition) is 4.